The Hall–Kier alpha value is -1.92. The lowest BCUT2D eigenvalue weighted by Gasteiger charge is -2.34. The second-order valence-electron chi connectivity index (χ2n) is 6.57. The van der Waals surface area contributed by atoms with Crippen molar-refractivity contribution in [1.82, 2.24) is 10.6 Å². The highest BCUT2D eigenvalue weighted by Crippen LogP contribution is 2.30. The van der Waals surface area contributed by atoms with Gasteiger partial charge in [-0.15, -0.1) is 6.58 Å². The molecule has 2 unspecified atom stereocenters. The molecule has 0 aromatic heterocycles. The fourth-order valence-electron chi connectivity index (χ4n) is 3.13. The summed E-state index contributed by atoms with van der Waals surface area (Å²) in [5, 5.41) is 15.7. The molecular formula is C19H28FN3O2. The van der Waals surface area contributed by atoms with Crippen LogP contribution in [0.2, 0.25) is 0 Å². The van der Waals surface area contributed by atoms with E-state index in [9.17, 15) is 14.3 Å². The van der Waals surface area contributed by atoms with E-state index in [4.69, 9.17) is 0 Å². The molecule has 3 N–H and O–H groups in total. The summed E-state index contributed by atoms with van der Waals surface area (Å²) in [4.78, 5) is 14.2. The van der Waals surface area contributed by atoms with Gasteiger partial charge >= 0.3 is 0 Å². The van der Waals surface area contributed by atoms with Crippen LogP contribution in [0.5, 0.6) is 0 Å². The molecule has 1 fully saturated rings. The van der Waals surface area contributed by atoms with E-state index in [1.807, 2.05) is 6.92 Å². The quantitative estimate of drug-likeness (QED) is 0.660. The molecule has 0 bridgehead atoms. The Kier molecular flexibility index (Phi) is 6.96. The number of aliphatic hydroxyl groups excluding tert-OH is 1. The van der Waals surface area contributed by atoms with Crippen LogP contribution in [0.15, 0.2) is 30.9 Å². The lowest BCUT2D eigenvalue weighted by Crippen LogP contribution is -2.43. The summed E-state index contributed by atoms with van der Waals surface area (Å²) in [6.45, 7) is 9.18. The number of carbonyl (C=O) groups is 1. The molecule has 1 amide bonds. The maximum atomic E-state index is 13.8. The van der Waals surface area contributed by atoms with E-state index in [1.165, 1.54) is 12.1 Å². The molecular weight excluding hydrogens is 321 g/mol. The lowest BCUT2D eigenvalue weighted by atomic mass is 10.0. The molecule has 1 aliphatic rings. The van der Waals surface area contributed by atoms with Gasteiger partial charge in [0, 0.05) is 31.4 Å². The van der Waals surface area contributed by atoms with Gasteiger partial charge in [0.1, 0.15) is 5.82 Å². The van der Waals surface area contributed by atoms with Crippen LogP contribution in [0.1, 0.15) is 38.3 Å². The van der Waals surface area contributed by atoms with Gasteiger partial charge in [0.25, 0.3) is 0 Å². The predicted octanol–water partition coefficient (Wildman–Crippen LogP) is 2.13. The second-order valence-corrected chi connectivity index (χ2v) is 6.57. The third-order valence-electron chi connectivity index (χ3n) is 4.58. The Morgan fingerprint density at radius 1 is 1.44 bits per heavy atom. The summed E-state index contributed by atoms with van der Waals surface area (Å²) in [5.41, 5.74) is 1.77. The maximum absolute atomic E-state index is 13.8. The number of carbonyl (C=O) groups excluding carboxylic acids is 1. The van der Waals surface area contributed by atoms with Gasteiger partial charge in [-0.25, -0.2) is 4.39 Å². The molecule has 0 spiro atoms. The number of aliphatic hydroxyl groups is 1. The highest BCUT2D eigenvalue weighted by atomic mass is 19.1. The first kappa shape index (κ1) is 19.4. The molecule has 2 rings (SSSR count). The van der Waals surface area contributed by atoms with Crippen molar-refractivity contribution >= 4 is 11.6 Å². The fourth-order valence-corrected chi connectivity index (χ4v) is 3.13. The third-order valence-corrected chi connectivity index (χ3v) is 4.58. The van der Waals surface area contributed by atoms with Crippen LogP contribution in [0.3, 0.4) is 0 Å². The van der Waals surface area contributed by atoms with Crippen molar-refractivity contribution in [1.29, 1.82) is 0 Å². The number of piperidine rings is 1. The van der Waals surface area contributed by atoms with Crippen LogP contribution in [0.25, 0.3) is 0 Å². The van der Waals surface area contributed by atoms with Crippen molar-refractivity contribution in [3.05, 3.63) is 42.2 Å². The summed E-state index contributed by atoms with van der Waals surface area (Å²) >= 11 is 0. The van der Waals surface area contributed by atoms with Crippen molar-refractivity contribution in [2.75, 3.05) is 24.5 Å². The zero-order valence-electron chi connectivity index (χ0n) is 15.0. The molecule has 6 heteroatoms. The van der Waals surface area contributed by atoms with E-state index in [0.29, 0.717) is 19.4 Å². The van der Waals surface area contributed by atoms with Crippen molar-refractivity contribution in [2.24, 2.45) is 0 Å². The summed E-state index contributed by atoms with van der Waals surface area (Å²) in [6, 6.07) is 4.16. The van der Waals surface area contributed by atoms with Crippen LogP contribution < -0.4 is 15.5 Å². The van der Waals surface area contributed by atoms with Crippen molar-refractivity contribution in [2.45, 2.75) is 44.9 Å². The first-order valence-corrected chi connectivity index (χ1v) is 8.79. The zero-order chi connectivity index (χ0) is 18.4. The molecule has 1 heterocycles. The van der Waals surface area contributed by atoms with Gasteiger partial charge in [-0.3, -0.25) is 10.1 Å². The molecule has 0 aliphatic carbocycles. The smallest absolute Gasteiger partial charge is 0.237 e. The van der Waals surface area contributed by atoms with Gasteiger partial charge in [-0.2, -0.15) is 0 Å². The van der Waals surface area contributed by atoms with E-state index in [1.54, 1.807) is 19.1 Å². The van der Waals surface area contributed by atoms with Crippen LogP contribution in [-0.2, 0) is 4.79 Å². The fraction of sp³-hybridized carbons (Fsp3) is 0.526. The minimum absolute atomic E-state index is 0.120. The Balaban J connectivity index is 2.12. The maximum Gasteiger partial charge on any atom is 0.237 e. The molecule has 1 aromatic rings. The monoisotopic (exact) mass is 349 g/mol. The number of nitrogens with one attached hydrogen (secondary N) is 2. The highest BCUT2D eigenvalue weighted by molar-refractivity contribution is 5.81. The Labute approximate surface area is 148 Å². The van der Waals surface area contributed by atoms with Gasteiger partial charge in [0.05, 0.1) is 12.1 Å². The first-order valence-electron chi connectivity index (χ1n) is 8.79. The average molecular weight is 349 g/mol. The molecule has 138 valence electrons. The van der Waals surface area contributed by atoms with E-state index in [2.05, 4.69) is 22.1 Å². The van der Waals surface area contributed by atoms with Crippen molar-refractivity contribution in [3.63, 3.8) is 0 Å². The summed E-state index contributed by atoms with van der Waals surface area (Å²) < 4.78 is 13.8. The topological polar surface area (TPSA) is 64.6 Å². The molecule has 5 nitrogen and oxygen atoms in total. The van der Waals surface area contributed by atoms with Crippen LogP contribution in [0.4, 0.5) is 10.1 Å². The summed E-state index contributed by atoms with van der Waals surface area (Å²) in [5.74, 6) is -0.418. The van der Waals surface area contributed by atoms with Crippen molar-refractivity contribution < 1.29 is 14.3 Å². The zero-order valence-corrected chi connectivity index (χ0v) is 15.0. The Morgan fingerprint density at radius 2 is 2.12 bits per heavy atom. The highest BCUT2D eigenvalue weighted by Gasteiger charge is 2.23. The standard InChI is InChI=1S/C19H28FN3O2/c1-4-9-21-19(25)14(3)22-13(2)17-12-15(20)5-6-18(17)23-10-7-16(24)8-11-23/h4-6,12-14,16,22,24H,1,7-11H2,2-3H3,(H,21,25). The SMILES string of the molecule is C=CCNC(=O)C(C)NC(C)c1cc(F)ccc1N1CCC(O)CC1. The third kappa shape index (κ3) is 5.28. The van der Waals surface area contributed by atoms with E-state index < -0.39 is 6.04 Å². The van der Waals surface area contributed by atoms with E-state index in [0.717, 1.165) is 24.3 Å². The minimum Gasteiger partial charge on any atom is -0.393 e. The number of hydrogen-bond donors (Lipinski definition) is 3. The number of nitrogens with zero attached hydrogens (tertiary/aromatic N) is 1. The minimum atomic E-state index is -0.408. The number of hydrogen-bond acceptors (Lipinski definition) is 4. The average Bonchev–Trinajstić information content (AvgIpc) is 2.60. The largest absolute Gasteiger partial charge is 0.393 e. The lowest BCUT2D eigenvalue weighted by molar-refractivity contribution is -0.122. The molecule has 1 saturated heterocycles. The molecule has 0 radical (unpaired) electrons. The van der Waals surface area contributed by atoms with Gasteiger partial charge in [0.2, 0.25) is 5.91 Å². The number of anilines is 1. The van der Waals surface area contributed by atoms with Gasteiger partial charge in [-0.1, -0.05) is 6.08 Å². The molecule has 25 heavy (non-hydrogen) atoms. The van der Waals surface area contributed by atoms with Crippen LogP contribution >= 0.6 is 0 Å². The summed E-state index contributed by atoms with van der Waals surface area (Å²) in [7, 11) is 0. The number of benzene rings is 1. The summed E-state index contributed by atoms with van der Waals surface area (Å²) in [6.07, 6.45) is 2.78. The molecule has 0 saturated carbocycles. The molecule has 2 atom stereocenters. The Bertz CT molecular complexity index is 600. The van der Waals surface area contributed by atoms with E-state index >= 15 is 0 Å². The number of rotatable bonds is 7. The van der Waals surface area contributed by atoms with Gasteiger partial charge in [0.15, 0.2) is 0 Å². The van der Waals surface area contributed by atoms with Gasteiger partial charge < -0.3 is 15.3 Å². The number of amides is 1. The van der Waals surface area contributed by atoms with Crippen molar-refractivity contribution in [3.8, 4) is 0 Å². The predicted molar refractivity (Wildman–Crippen MR) is 98.1 cm³/mol. The normalized spacial score (nSPS) is 17.8. The second kappa shape index (κ2) is 8.97. The Morgan fingerprint density at radius 3 is 2.76 bits per heavy atom. The molecule has 1 aliphatic heterocycles. The van der Waals surface area contributed by atoms with Crippen LogP contribution in [-0.4, -0.2) is 42.8 Å². The first-order chi connectivity index (χ1) is 11.9. The molecule has 1 aromatic carbocycles. The van der Waals surface area contributed by atoms with Crippen LogP contribution in [0, 0.1) is 5.82 Å². The van der Waals surface area contributed by atoms with Gasteiger partial charge in [-0.05, 0) is 50.5 Å². The number of halogens is 1. The van der Waals surface area contributed by atoms with E-state index in [-0.39, 0.29) is 23.9 Å².